The first-order valence-corrected chi connectivity index (χ1v) is 9.57. The van der Waals surface area contributed by atoms with Gasteiger partial charge in [0, 0.05) is 12.6 Å². The van der Waals surface area contributed by atoms with Crippen LogP contribution in [0.3, 0.4) is 0 Å². The van der Waals surface area contributed by atoms with Crippen LogP contribution in [0.4, 0.5) is 0 Å². The first kappa shape index (κ1) is 15.8. The van der Waals surface area contributed by atoms with Crippen LogP contribution >= 0.6 is 0 Å². The summed E-state index contributed by atoms with van der Waals surface area (Å²) in [4.78, 5) is 2.78. The highest BCUT2D eigenvalue weighted by Gasteiger charge is 2.37. The number of aliphatic hydroxyl groups is 1. The Labute approximate surface area is 131 Å². The standard InChI is InChI=1S/C19H35NO/c1-14(2)16-9-10-19(21)17(12-16)13-20-11-5-7-15-6-3-4-8-18(15)20/h14-19,21H,3-13H2,1-2H3/t15-,16?,17?,18-,19?/m1/s1. The maximum Gasteiger partial charge on any atom is 0.0580 e. The Hall–Kier alpha value is -0.0800. The van der Waals surface area contributed by atoms with E-state index in [0.29, 0.717) is 5.92 Å². The highest BCUT2D eigenvalue weighted by molar-refractivity contribution is 4.90. The average molecular weight is 293 g/mol. The summed E-state index contributed by atoms with van der Waals surface area (Å²) in [6, 6.07) is 0.846. The smallest absolute Gasteiger partial charge is 0.0580 e. The lowest BCUT2D eigenvalue weighted by atomic mass is 9.73. The van der Waals surface area contributed by atoms with Crippen LogP contribution in [-0.4, -0.2) is 35.2 Å². The van der Waals surface area contributed by atoms with Crippen molar-refractivity contribution in [1.82, 2.24) is 4.90 Å². The first-order valence-electron chi connectivity index (χ1n) is 9.57. The van der Waals surface area contributed by atoms with E-state index >= 15 is 0 Å². The maximum absolute atomic E-state index is 10.5. The number of aliphatic hydroxyl groups excluding tert-OH is 1. The van der Waals surface area contributed by atoms with Crippen molar-refractivity contribution in [1.29, 1.82) is 0 Å². The van der Waals surface area contributed by atoms with Crippen molar-refractivity contribution in [3.63, 3.8) is 0 Å². The molecule has 21 heavy (non-hydrogen) atoms. The molecule has 0 aromatic rings. The average Bonchev–Trinajstić information content (AvgIpc) is 2.49. The molecule has 2 saturated carbocycles. The number of hydrogen-bond acceptors (Lipinski definition) is 2. The third-order valence-corrected chi connectivity index (χ3v) is 6.75. The number of fused-ring (bicyclic) bond motifs is 1. The molecule has 3 unspecified atom stereocenters. The van der Waals surface area contributed by atoms with E-state index < -0.39 is 0 Å². The maximum atomic E-state index is 10.5. The van der Waals surface area contributed by atoms with Crippen LogP contribution in [0.1, 0.15) is 71.6 Å². The molecule has 2 aliphatic carbocycles. The number of likely N-dealkylation sites (tertiary alicyclic amines) is 1. The summed E-state index contributed by atoms with van der Waals surface area (Å²) in [5, 5.41) is 10.5. The molecule has 2 nitrogen and oxygen atoms in total. The van der Waals surface area contributed by atoms with Gasteiger partial charge in [0.2, 0.25) is 0 Å². The summed E-state index contributed by atoms with van der Waals surface area (Å²) in [6.45, 7) is 7.18. The fourth-order valence-electron chi connectivity index (χ4n) is 5.34. The van der Waals surface area contributed by atoms with Crippen molar-refractivity contribution in [3.05, 3.63) is 0 Å². The summed E-state index contributed by atoms with van der Waals surface area (Å²) < 4.78 is 0. The molecular weight excluding hydrogens is 258 g/mol. The number of rotatable bonds is 3. The summed E-state index contributed by atoms with van der Waals surface area (Å²) in [5.74, 6) is 3.12. The largest absolute Gasteiger partial charge is 0.393 e. The number of piperidine rings is 1. The van der Waals surface area contributed by atoms with Gasteiger partial charge in [-0.2, -0.15) is 0 Å². The predicted octanol–water partition coefficient (Wildman–Crippen LogP) is 4.07. The first-order chi connectivity index (χ1) is 10.1. The van der Waals surface area contributed by atoms with Crippen LogP contribution in [0.25, 0.3) is 0 Å². The van der Waals surface area contributed by atoms with E-state index in [0.717, 1.165) is 30.2 Å². The Bertz CT molecular complexity index is 328. The summed E-state index contributed by atoms with van der Waals surface area (Å²) >= 11 is 0. The minimum absolute atomic E-state index is 0.0380. The van der Waals surface area contributed by atoms with Crippen LogP contribution in [0.5, 0.6) is 0 Å². The van der Waals surface area contributed by atoms with Gasteiger partial charge in [0.15, 0.2) is 0 Å². The molecule has 1 aliphatic heterocycles. The van der Waals surface area contributed by atoms with Crippen molar-refractivity contribution in [2.24, 2.45) is 23.7 Å². The van der Waals surface area contributed by atoms with Crippen molar-refractivity contribution in [2.45, 2.75) is 83.8 Å². The van der Waals surface area contributed by atoms with Crippen molar-refractivity contribution >= 4 is 0 Å². The van der Waals surface area contributed by atoms with Crippen LogP contribution in [0, 0.1) is 23.7 Å². The van der Waals surface area contributed by atoms with Crippen molar-refractivity contribution in [2.75, 3.05) is 13.1 Å². The van der Waals surface area contributed by atoms with E-state index in [1.165, 1.54) is 64.5 Å². The normalized spacial score (nSPS) is 42.0. The van der Waals surface area contributed by atoms with E-state index in [2.05, 4.69) is 18.7 Å². The van der Waals surface area contributed by atoms with E-state index in [1.807, 2.05) is 0 Å². The summed E-state index contributed by atoms with van der Waals surface area (Å²) in [5.41, 5.74) is 0. The van der Waals surface area contributed by atoms with Gasteiger partial charge in [0.05, 0.1) is 6.10 Å². The Morgan fingerprint density at radius 3 is 2.57 bits per heavy atom. The second-order valence-corrected chi connectivity index (χ2v) is 8.39. The van der Waals surface area contributed by atoms with E-state index in [1.54, 1.807) is 0 Å². The zero-order valence-corrected chi connectivity index (χ0v) is 14.1. The Morgan fingerprint density at radius 2 is 1.76 bits per heavy atom. The minimum Gasteiger partial charge on any atom is -0.393 e. The summed E-state index contributed by atoms with van der Waals surface area (Å²) in [7, 11) is 0. The molecule has 1 saturated heterocycles. The molecule has 0 aromatic heterocycles. The second-order valence-electron chi connectivity index (χ2n) is 8.39. The molecule has 0 spiro atoms. The Balaban J connectivity index is 1.61. The highest BCUT2D eigenvalue weighted by atomic mass is 16.3. The third-order valence-electron chi connectivity index (χ3n) is 6.75. The van der Waals surface area contributed by atoms with E-state index in [4.69, 9.17) is 0 Å². The molecule has 0 radical (unpaired) electrons. The minimum atomic E-state index is -0.0380. The van der Waals surface area contributed by atoms with E-state index in [9.17, 15) is 5.11 Å². The molecule has 1 N–H and O–H groups in total. The monoisotopic (exact) mass is 293 g/mol. The van der Waals surface area contributed by atoms with Gasteiger partial charge in [-0.05, 0) is 75.2 Å². The predicted molar refractivity (Wildman–Crippen MR) is 88.2 cm³/mol. The van der Waals surface area contributed by atoms with Gasteiger partial charge in [0.25, 0.3) is 0 Å². The molecule has 5 atom stereocenters. The molecule has 0 amide bonds. The van der Waals surface area contributed by atoms with Crippen LogP contribution in [0.2, 0.25) is 0 Å². The number of hydrogen-bond donors (Lipinski definition) is 1. The lowest BCUT2D eigenvalue weighted by Crippen LogP contribution is -2.50. The van der Waals surface area contributed by atoms with E-state index in [-0.39, 0.29) is 6.10 Å². The second kappa shape index (κ2) is 7.00. The highest BCUT2D eigenvalue weighted by Crippen LogP contribution is 2.39. The van der Waals surface area contributed by atoms with Gasteiger partial charge in [-0.15, -0.1) is 0 Å². The van der Waals surface area contributed by atoms with Gasteiger partial charge in [-0.1, -0.05) is 26.7 Å². The lowest BCUT2D eigenvalue weighted by Gasteiger charge is -2.47. The molecule has 0 bridgehead atoms. The molecular formula is C19H35NO. The molecule has 3 fully saturated rings. The molecule has 122 valence electrons. The number of nitrogens with zero attached hydrogens (tertiary/aromatic N) is 1. The van der Waals surface area contributed by atoms with Gasteiger partial charge in [-0.25, -0.2) is 0 Å². The SMILES string of the molecule is CC(C)C1CCC(O)C(CN2CCC[C@H]3CCCC[C@H]32)C1. The van der Waals surface area contributed by atoms with Crippen LogP contribution < -0.4 is 0 Å². The van der Waals surface area contributed by atoms with Crippen molar-refractivity contribution < 1.29 is 5.11 Å². The lowest BCUT2D eigenvalue weighted by molar-refractivity contribution is -0.0136. The zero-order valence-electron chi connectivity index (χ0n) is 14.1. The van der Waals surface area contributed by atoms with Gasteiger partial charge < -0.3 is 5.11 Å². The quantitative estimate of drug-likeness (QED) is 0.847. The Morgan fingerprint density at radius 1 is 1.00 bits per heavy atom. The molecule has 2 heteroatoms. The fourth-order valence-corrected chi connectivity index (χ4v) is 5.34. The Kier molecular flexibility index (Phi) is 5.27. The molecule has 0 aromatic carbocycles. The van der Waals surface area contributed by atoms with Crippen LogP contribution in [0.15, 0.2) is 0 Å². The van der Waals surface area contributed by atoms with Gasteiger partial charge >= 0.3 is 0 Å². The van der Waals surface area contributed by atoms with Gasteiger partial charge in [-0.3, -0.25) is 4.90 Å². The molecule has 3 rings (SSSR count). The third kappa shape index (κ3) is 3.64. The van der Waals surface area contributed by atoms with Crippen LogP contribution in [-0.2, 0) is 0 Å². The zero-order chi connectivity index (χ0) is 14.8. The van der Waals surface area contributed by atoms with Crippen molar-refractivity contribution in [3.8, 4) is 0 Å². The molecule has 1 heterocycles. The van der Waals surface area contributed by atoms with Gasteiger partial charge in [0.1, 0.15) is 0 Å². The topological polar surface area (TPSA) is 23.5 Å². The summed E-state index contributed by atoms with van der Waals surface area (Å²) in [6.07, 6.45) is 12.1. The molecule has 3 aliphatic rings. The fraction of sp³-hybridized carbons (Fsp3) is 1.00.